The van der Waals surface area contributed by atoms with Gasteiger partial charge >= 0.3 is 0 Å². The molecule has 2 rings (SSSR count). The molecule has 0 aliphatic rings. The van der Waals surface area contributed by atoms with Crippen molar-refractivity contribution in [3.63, 3.8) is 0 Å². The summed E-state index contributed by atoms with van der Waals surface area (Å²) in [5, 5.41) is 7.15. The van der Waals surface area contributed by atoms with Crippen molar-refractivity contribution in [2.24, 2.45) is 0 Å². The first-order chi connectivity index (χ1) is 11.7. The van der Waals surface area contributed by atoms with Crippen LogP contribution in [0, 0.1) is 0 Å². The lowest BCUT2D eigenvalue weighted by atomic mass is 10.1. The highest BCUT2D eigenvalue weighted by Gasteiger charge is 2.19. The highest BCUT2D eigenvalue weighted by Crippen LogP contribution is 2.18. The number of para-hydroxylation sites is 1. The number of nitrogens with zero attached hydrogens (tertiary/aromatic N) is 3. The molecule has 0 bridgehead atoms. The van der Waals surface area contributed by atoms with Gasteiger partial charge in [0.2, 0.25) is 5.89 Å². The number of amides is 1. The minimum absolute atomic E-state index is 0.0634. The van der Waals surface area contributed by atoms with Crippen molar-refractivity contribution in [3.05, 3.63) is 54.2 Å². The van der Waals surface area contributed by atoms with E-state index in [9.17, 15) is 4.79 Å². The number of aryl methyl sites for hydroxylation is 1. The van der Waals surface area contributed by atoms with Crippen LogP contribution in [0.5, 0.6) is 0 Å². The van der Waals surface area contributed by atoms with E-state index < -0.39 is 0 Å². The molecule has 0 aliphatic heterocycles. The van der Waals surface area contributed by atoms with Gasteiger partial charge in [0.1, 0.15) is 0 Å². The van der Waals surface area contributed by atoms with Crippen LogP contribution in [-0.2, 0) is 13.0 Å². The molecule has 1 aromatic carbocycles. The minimum Gasteiger partial charge on any atom is -0.381 e. The van der Waals surface area contributed by atoms with Crippen LogP contribution in [0.1, 0.15) is 42.3 Å². The molecule has 0 fully saturated rings. The van der Waals surface area contributed by atoms with Crippen LogP contribution in [0.25, 0.3) is 0 Å². The number of hydrogen-bond donors (Lipinski definition) is 1. The van der Waals surface area contributed by atoms with Gasteiger partial charge in [-0.2, -0.15) is 4.98 Å². The number of benzene rings is 1. The van der Waals surface area contributed by atoms with Gasteiger partial charge in [0.15, 0.2) is 5.82 Å². The van der Waals surface area contributed by atoms with Crippen molar-refractivity contribution in [3.8, 4) is 0 Å². The molecule has 6 heteroatoms. The molecule has 1 N–H and O–H groups in total. The Kier molecular flexibility index (Phi) is 6.54. The normalized spacial score (nSPS) is 10.4. The van der Waals surface area contributed by atoms with E-state index in [2.05, 4.69) is 29.0 Å². The molecule has 1 aromatic heterocycles. The molecule has 1 heterocycles. The maximum absolute atomic E-state index is 12.9. The smallest absolute Gasteiger partial charge is 0.256 e. The standard InChI is InChI=1S/C18H24N4O2/c1-4-9-17-20-16(21-24-17)13-22(6-3)18(23)14-10-7-8-11-15(14)19-12-5-2/h5,7-8,10-11,19H,2,4,6,9,12-13H2,1,3H3. The van der Waals surface area contributed by atoms with Gasteiger partial charge in [0.25, 0.3) is 5.91 Å². The van der Waals surface area contributed by atoms with Crippen LogP contribution in [0.15, 0.2) is 41.4 Å². The van der Waals surface area contributed by atoms with Crippen molar-refractivity contribution in [2.45, 2.75) is 33.2 Å². The molecule has 0 aliphatic carbocycles. The summed E-state index contributed by atoms with van der Waals surface area (Å²) >= 11 is 0. The van der Waals surface area contributed by atoms with E-state index in [1.807, 2.05) is 31.2 Å². The monoisotopic (exact) mass is 328 g/mol. The highest BCUT2D eigenvalue weighted by atomic mass is 16.5. The predicted molar refractivity (Wildman–Crippen MR) is 93.8 cm³/mol. The van der Waals surface area contributed by atoms with Gasteiger partial charge in [0, 0.05) is 25.2 Å². The van der Waals surface area contributed by atoms with Crippen molar-refractivity contribution in [2.75, 3.05) is 18.4 Å². The van der Waals surface area contributed by atoms with Crippen molar-refractivity contribution in [1.82, 2.24) is 15.0 Å². The fourth-order valence-electron chi connectivity index (χ4n) is 2.34. The summed E-state index contributed by atoms with van der Waals surface area (Å²) in [6.07, 6.45) is 3.45. The highest BCUT2D eigenvalue weighted by molar-refractivity contribution is 5.99. The molecule has 0 saturated carbocycles. The summed E-state index contributed by atoms with van der Waals surface area (Å²) < 4.78 is 5.19. The lowest BCUT2D eigenvalue weighted by molar-refractivity contribution is 0.0748. The van der Waals surface area contributed by atoms with E-state index in [0.29, 0.717) is 36.9 Å². The van der Waals surface area contributed by atoms with Crippen LogP contribution in [-0.4, -0.2) is 34.0 Å². The molecule has 128 valence electrons. The van der Waals surface area contributed by atoms with Crippen LogP contribution in [0.3, 0.4) is 0 Å². The van der Waals surface area contributed by atoms with E-state index in [1.54, 1.807) is 11.0 Å². The summed E-state index contributed by atoms with van der Waals surface area (Å²) in [4.78, 5) is 18.9. The molecule has 6 nitrogen and oxygen atoms in total. The Balaban J connectivity index is 2.14. The second kappa shape index (κ2) is 8.86. The number of nitrogens with one attached hydrogen (secondary N) is 1. The number of aromatic nitrogens is 2. The van der Waals surface area contributed by atoms with Gasteiger partial charge in [-0.05, 0) is 25.5 Å². The molecule has 0 unspecified atom stereocenters. The average molecular weight is 328 g/mol. The zero-order chi connectivity index (χ0) is 17.4. The fraction of sp³-hybridized carbons (Fsp3) is 0.389. The molecule has 1 amide bonds. The Labute approximate surface area is 142 Å². The average Bonchev–Trinajstić information content (AvgIpc) is 3.05. The largest absolute Gasteiger partial charge is 0.381 e. The lowest BCUT2D eigenvalue weighted by Crippen LogP contribution is -2.31. The Morgan fingerprint density at radius 3 is 2.88 bits per heavy atom. The van der Waals surface area contributed by atoms with Gasteiger partial charge in [-0.3, -0.25) is 4.79 Å². The van der Waals surface area contributed by atoms with Crippen molar-refractivity contribution < 1.29 is 9.32 Å². The van der Waals surface area contributed by atoms with E-state index >= 15 is 0 Å². The molecule has 0 atom stereocenters. The molecule has 0 spiro atoms. The van der Waals surface area contributed by atoms with E-state index in [4.69, 9.17) is 4.52 Å². The number of carbonyl (C=O) groups excluding carboxylic acids is 1. The lowest BCUT2D eigenvalue weighted by Gasteiger charge is -2.21. The van der Waals surface area contributed by atoms with Crippen molar-refractivity contribution in [1.29, 1.82) is 0 Å². The predicted octanol–water partition coefficient (Wildman–Crippen LogP) is 3.28. The van der Waals surface area contributed by atoms with Gasteiger partial charge < -0.3 is 14.7 Å². The molecule has 2 aromatic rings. The molecule has 0 saturated heterocycles. The van der Waals surface area contributed by atoms with Crippen LogP contribution in [0.4, 0.5) is 5.69 Å². The molecule has 0 radical (unpaired) electrons. The topological polar surface area (TPSA) is 71.3 Å². The van der Waals surface area contributed by atoms with Crippen LogP contribution < -0.4 is 5.32 Å². The summed E-state index contributed by atoms with van der Waals surface area (Å²) in [5.74, 6) is 1.08. The Morgan fingerprint density at radius 1 is 1.38 bits per heavy atom. The molecular weight excluding hydrogens is 304 g/mol. The number of rotatable bonds is 9. The second-order valence-corrected chi connectivity index (χ2v) is 5.39. The summed E-state index contributed by atoms with van der Waals surface area (Å²) in [5.41, 5.74) is 1.42. The number of carbonyl (C=O) groups is 1. The SMILES string of the molecule is C=CCNc1ccccc1C(=O)N(CC)Cc1noc(CCC)n1. The number of hydrogen-bond acceptors (Lipinski definition) is 5. The Morgan fingerprint density at radius 2 is 2.17 bits per heavy atom. The van der Waals surface area contributed by atoms with E-state index in [0.717, 1.165) is 18.5 Å². The number of anilines is 1. The molecular formula is C18H24N4O2. The van der Waals surface area contributed by atoms with E-state index in [-0.39, 0.29) is 5.91 Å². The van der Waals surface area contributed by atoms with E-state index in [1.165, 1.54) is 0 Å². The van der Waals surface area contributed by atoms with Crippen LogP contribution in [0.2, 0.25) is 0 Å². The first-order valence-electron chi connectivity index (χ1n) is 8.24. The minimum atomic E-state index is -0.0634. The van der Waals surface area contributed by atoms with Crippen molar-refractivity contribution >= 4 is 11.6 Å². The Hall–Kier alpha value is -2.63. The van der Waals surface area contributed by atoms with Gasteiger partial charge in [0.05, 0.1) is 12.1 Å². The van der Waals surface area contributed by atoms with Crippen LogP contribution >= 0.6 is 0 Å². The zero-order valence-corrected chi connectivity index (χ0v) is 14.3. The van der Waals surface area contributed by atoms with Gasteiger partial charge in [-0.1, -0.05) is 30.3 Å². The first-order valence-corrected chi connectivity index (χ1v) is 8.24. The summed E-state index contributed by atoms with van der Waals surface area (Å²) in [6.45, 7) is 9.17. The summed E-state index contributed by atoms with van der Waals surface area (Å²) in [7, 11) is 0. The Bertz CT molecular complexity index is 681. The van der Waals surface area contributed by atoms with Gasteiger partial charge in [-0.15, -0.1) is 6.58 Å². The third-order valence-electron chi connectivity index (χ3n) is 3.57. The maximum Gasteiger partial charge on any atom is 0.256 e. The third-order valence-corrected chi connectivity index (χ3v) is 3.57. The fourth-order valence-corrected chi connectivity index (χ4v) is 2.34. The summed E-state index contributed by atoms with van der Waals surface area (Å²) in [6, 6.07) is 7.45. The second-order valence-electron chi connectivity index (χ2n) is 5.39. The van der Waals surface area contributed by atoms with Gasteiger partial charge in [-0.25, -0.2) is 0 Å². The zero-order valence-electron chi connectivity index (χ0n) is 14.3. The maximum atomic E-state index is 12.9. The third kappa shape index (κ3) is 4.44. The molecule has 24 heavy (non-hydrogen) atoms. The first kappa shape index (κ1) is 17.7. The quantitative estimate of drug-likeness (QED) is 0.715.